The summed E-state index contributed by atoms with van der Waals surface area (Å²) in [5.41, 5.74) is 0.915. The van der Waals surface area contributed by atoms with E-state index in [4.69, 9.17) is 4.42 Å². The van der Waals surface area contributed by atoms with E-state index in [9.17, 15) is 9.59 Å². The number of hydrogen-bond acceptors (Lipinski definition) is 5. The Labute approximate surface area is 139 Å². The zero-order chi connectivity index (χ0) is 16.9. The van der Waals surface area contributed by atoms with Gasteiger partial charge in [0.1, 0.15) is 0 Å². The minimum Gasteiger partial charge on any atom is -0.425 e. The zero-order valence-corrected chi connectivity index (χ0v) is 13.5. The fourth-order valence-electron chi connectivity index (χ4n) is 2.43. The molecule has 0 radical (unpaired) electrons. The van der Waals surface area contributed by atoms with E-state index >= 15 is 0 Å². The molecule has 2 amide bonds. The lowest BCUT2D eigenvalue weighted by Crippen LogP contribution is -2.38. The van der Waals surface area contributed by atoms with Crippen LogP contribution in [0.4, 0.5) is 0 Å². The highest BCUT2D eigenvalue weighted by atomic mass is 16.4. The lowest BCUT2D eigenvalue weighted by atomic mass is 9.95. The van der Waals surface area contributed by atoms with Gasteiger partial charge < -0.3 is 15.1 Å². The Bertz CT molecular complexity index is 710. The van der Waals surface area contributed by atoms with Gasteiger partial charge >= 0.3 is 0 Å². The van der Waals surface area contributed by atoms with Gasteiger partial charge in [-0.1, -0.05) is 30.3 Å². The van der Waals surface area contributed by atoms with E-state index < -0.39 is 0 Å². The Hall–Kier alpha value is -2.70. The topological polar surface area (TPSA) is 97.1 Å². The molecule has 1 heterocycles. The summed E-state index contributed by atoms with van der Waals surface area (Å²) in [5.74, 6) is 0.131. The first-order valence-electron chi connectivity index (χ1n) is 8.03. The molecule has 7 nitrogen and oxygen atoms in total. The molecule has 2 aromatic rings. The average Bonchev–Trinajstić information content (AvgIpc) is 3.29. The molecule has 1 aromatic heterocycles. The molecule has 1 aliphatic carbocycles. The van der Waals surface area contributed by atoms with Gasteiger partial charge in [0.15, 0.2) is 0 Å². The number of benzene rings is 1. The molecule has 3 rings (SSSR count). The second kappa shape index (κ2) is 7.25. The van der Waals surface area contributed by atoms with Crippen LogP contribution in [-0.2, 0) is 9.59 Å². The Morgan fingerprint density at radius 3 is 2.58 bits per heavy atom. The third-order valence-corrected chi connectivity index (χ3v) is 3.82. The highest BCUT2D eigenvalue weighted by molar-refractivity contribution is 5.85. The van der Waals surface area contributed by atoms with Gasteiger partial charge in [0.25, 0.3) is 0 Å². The van der Waals surface area contributed by atoms with Crippen LogP contribution in [0.25, 0.3) is 0 Å². The minimum absolute atomic E-state index is 0.0142. The van der Waals surface area contributed by atoms with Crippen molar-refractivity contribution in [2.45, 2.75) is 38.1 Å². The van der Waals surface area contributed by atoms with Gasteiger partial charge in [-0.3, -0.25) is 9.59 Å². The Kier molecular flexibility index (Phi) is 4.88. The summed E-state index contributed by atoms with van der Waals surface area (Å²) in [6, 6.07) is 9.81. The summed E-state index contributed by atoms with van der Waals surface area (Å²) < 4.78 is 5.51. The molecule has 1 fully saturated rings. The van der Waals surface area contributed by atoms with Gasteiger partial charge in [-0.2, -0.15) is 0 Å². The van der Waals surface area contributed by atoms with Gasteiger partial charge in [0.2, 0.25) is 23.6 Å². The molecule has 1 aromatic carbocycles. The highest BCUT2D eigenvalue weighted by Crippen LogP contribution is 2.26. The van der Waals surface area contributed by atoms with Gasteiger partial charge in [-0.15, -0.1) is 10.2 Å². The van der Waals surface area contributed by atoms with Crippen LogP contribution in [0.5, 0.6) is 0 Å². The van der Waals surface area contributed by atoms with E-state index in [-0.39, 0.29) is 36.7 Å². The third-order valence-electron chi connectivity index (χ3n) is 3.82. The largest absolute Gasteiger partial charge is 0.425 e. The van der Waals surface area contributed by atoms with E-state index in [1.807, 2.05) is 30.3 Å². The lowest BCUT2D eigenvalue weighted by Gasteiger charge is -2.13. The van der Waals surface area contributed by atoms with Crippen LogP contribution in [0.3, 0.4) is 0 Å². The molecule has 0 bridgehead atoms. The van der Waals surface area contributed by atoms with Crippen molar-refractivity contribution in [3.8, 4) is 0 Å². The van der Waals surface area contributed by atoms with Crippen LogP contribution in [0.15, 0.2) is 34.7 Å². The zero-order valence-electron chi connectivity index (χ0n) is 13.5. The SMILES string of the molecule is Cc1nnc(C(CC(=O)NCC(=O)NC2CC2)c2ccccc2)o1. The minimum atomic E-state index is -0.334. The summed E-state index contributed by atoms with van der Waals surface area (Å²) in [6.45, 7) is 1.69. The quantitative estimate of drug-likeness (QED) is 0.798. The van der Waals surface area contributed by atoms with Crippen LogP contribution in [0.1, 0.15) is 42.5 Å². The molecule has 1 aliphatic rings. The Balaban J connectivity index is 1.62. The first-order valence-corrected chi connectivity index (χ1v) is 8.03. The molecular formula is C17H20N4O3. The predicted molar refractivity (Wildman–Crippen MR) is 86.1 cm³/mol. The maximum atomic E-state index is 12.2. The van der Waals surface area contributed by atoms with Crippen molar-refractivity contribution in [1.82, 2.24) is 20.8 Å². The van der Waals surface area contributed by atoms with E-state index in [1.54, 1.807) is 6.92 Å². The molecule has 126 valence electrons. The predicted octanol–water partition coefficient (Wildman–Crippen LogP) is 1.29. The number of carbonyl (C=O) groups excluding carboxylic acids is 2. The molecule has 2 N–H and O–H groups in total. The fourth-order valence-corrected chi connectivity index (χ4v) is 2.43. The monoisotopic (exact) mass is 328 g/mol. The van der Waals surface area contributed by atoms with Crippen LogP contribution in [-0.4, -0.2) is 34.6 Å². The third kappa shape index (κ3) is 4.41. The van der Waals surface area contributed by atoms with Crippen molar-refractivity contribution in [2.24, 2.45) is 0 Å². The second-order valence-corrected chi connectivity index (χ2v) is 5.95. The first kappa shape index (κ1) is 16.2. The normalized spacial score (nSPS) is 14.9. The fraction of sp³-hybridized carbons (Fsp3) is 0.412. The number of nitrogens with zero attached hydrogens (tertiary/aromatic N) is 2. The molecule has 1 atom stereocenters. The number of aromatic nitrogens is 2. The summed E-state index contributed by atoms with van der Waals surface area (Å²) in [5, 5.41) is 13.4. The summed E-state index contributed by atoms with van der Waals surface area (Å²) >= 11 is 0. The number of carbonyl (C=O) groups is 2. The molecule has 1 unspecified atom stereocenters. The van der Waals surface area contributed by atoms with Crippen molar-refractivity contribution in [3.05, 3.63) is 47.7 Å². The summed E-state index contributed by atoms with van der Waals surface area (Å²) in [4.78, 5) is 23.9. The van der Waals surface area contributed by atoms with Crippen molar-refractivity contribution in [1.29, 1.82) is 0 Å². The maximum Gasteiger partial charge on any atom is 0.239 e. The molecule has 0 saturated heterocycles. The highest BCUT2D eigenvalue weighted by Gasteiger charge is 2.25. The maximum absolute atomic E-state index is 12.2. The average molecular weight is 328 g/mol. The smallest absolute Gasteiger partial charge is 0.239 e. The van der Waals surface area contributed by atoms with Crippen molar-refractivity contribution < 1.29 is 14.0 Å². The Morgan fingerprint density at radius 2 is 1.96 bits per heavy atom. The van der Waals surface area contributed by atoms with Gasteiger partial charge in [-0.25, -0.2) is 0 Å². The molecule has 7 heteroatoms. The number of aryl methyl sites for hydroxylation is 1. The lowest BCUT2D eigenvalue weighted by molar-refractivity contribution is -0.126. The van der Waals surface area contributed by atoms with E-state index in [2.05, 4.69) is 20.8 Å². The van der Waals surface area contributed by atoms with Crippen molar-refractivity contribution in [3.63, 3.8) is 0 Å². The van der Waals surface area contributed by atoms with Crippen LogP contribution in [0.2, 0.25) is 0 Å². The van der Waals surface area contributed by atoms with Crippen LogP contribution < -0.4 is 10.6 Å². The van der Waals surface area contributed by atoms with Crippen molar-refractivity contribution >= 4 is 11.8 Å². The van der Waals surface area contributed by atoms with Gasteiger partial charge in [0.05, 0.1) is 12.5 Å². The van der Waals surface area contributed by atoms with E-state index in [1.165, 1.54) is 0 Å². The summed E-state index contributed by atoms with van der Waals surface area (Å²) in [7, 11) is 0. The van der Waals surface area contributed by atoms with Crippen molar-refractivity contribution in [2.75, 3.05) is 6.54 Å². The molecule has 1 saturated carbocycles. The van der Waals surface area contributed by atoms with E-state index in [0.29, 0.717) is 11.8 Å². The van der Waals surface area contributed by atoms with E-state index in [0.717, 1.165) is 18.4 Å². The molecular weight excluding hydrogens is 308 g/mol. The first-order chi connectivity index (χ1) is 11.6. The van der Waals surface area contributed by atoms with Gasteiger partial charge in [0, 0.05) is 19.4 Å². The van der Waals surface area contributed by atoms with Gasteiger partial charge in [-0.05, 0) is 18.4 Å². The second-order valence-electron chi connectivity index (χ2n) is 5.95. The Morgan fingerprint density at radius 1 is 1.21 bits per heavy atom. The number of nitrogens with one attached hydrogen (secondary N) is 2. The number of hydrogen-bond donors (Lipinski definition) is 2. The summed E-state index contributed by atoms with van der Waals surface area (Å²) in [6.07, 6.45) is 2.18. The number of rotatable bonds is 7. The van der Waals surface area contributed by atoms with Crippen LogP contribution in [0, 0.1) is 6.92 Å². The standard InChI is InChI=1S/C17H20N4O3/c1-11-20-21-17(24-11)14(12-5-3-2-4-6-12)9-15(22)18-10-16(23)19-13-7-8-13/h2-6,13-14H,7-10H2,1H3,(H,18,22)(H,19,23). The molecule has 24 heavy (non-hydrogen) atoms. The molecule has 0 spiro atoms. The van der Waals surface area contributed by atoms with Crippen LogP contribution >= 0.6 is 0 Å². The number of amides is 2. The molecule has 0 aliphatic heterocycles.